The second-order valence-electron chi connectivity index (χ2n) is 10.3. The van der Waals surface area contributed by atoms with Crippen LogP contribution in [0.1, 0.15) is 53.0 Å². The first-order valence-corrected chi connectivity index (χ1v) is 12.1. The lowest BCUT2D eigenvalue weighted by atomic mass is 9.91. The molecule has 0 spiro atoms. The average molecular weight is 556 g/mol. The minimum absolute atomic E-state index is 0.0135. The van der Waals surface area contributed by atoms with Crippen LogP contribution in [0.15, 0.2) is 23.1 Å². The highest BCUT2D eigenvalue weighted by atomic mass is 19.4. The van der Waals surface area contributed by atoms with Crippen molar-refractivity contribution in [2.75, 3.05) is 13.6 Å². The normalized spacial score (nSPS) is 17.2. The van der Waals surface area contributed by atoms with Gasteiger partial charge < -0.3 is 25.7 Å². The quantitative estimate of drug-likeness (QED) is 0.363. The summed E-state index contributed by atoms with van der Waals surface area (Å²) in [5.41, 5.74) is 4.29. The summed E-state index contributed by atoms with van der Waals surface area (Å²) in [7, 11) is 1.70. The molecule has 1 aliphatic heterocycles. The van der Waals surface area contributed by atoms with E-state index >= 15 is 0 Å². The number of primary amides is 1. The lowest BCUT2D eigenvalue weighted by molar-refractivity contribution is -0.169. The second-order valence-corrected chi connectivity index (χ2v) is 10.3. The van der Waals surface area contributed by atoms with Gasteiger partial charge in [0.05, 0.1) is 18.2 Å². The molecule has 39 heavy (non-hydrogen) atoms. The molecule has 12 heteroatoms. The number of aromatic nitrogens is 1. The molecule has 1 aliphatic rings. The number of nitriles is 1. The molecule has 2 amide bonds. The fraction of sp³-hybridized carbons (Fsp3) is 0.593. The molecule has 1 fully saturated rings. The molecule has 0 saturated carbocycles. The van der Waals surface area contributed by atoms with E-state index in [0.717, 1.165) is 19.3 Å². The van der Waals surface area contributed by atoms with Crippen molar-refractivity contribution in [3.63, 3.8) is 0 Å². The Morgan fingerprint density at radius 3 is 2.21 bits per heavy atom. The molecule has 0 aromatic carbocycles. The molecule has 0 aliphatic carbocycles. The van der Waals surface area contributed by atoms with Gasteiger partial charge in [-0.25, -0.2) is 0 Å². The Hall–Kier alpha value is -3.64. The first kappa shape index (κ1) is 37.5. The predicted molar refractivity (Wildman–Crippen MR) is 143 cm³/mol. The van der Waals surface area contributed by atoms with Crippen molar-refractivity contribution < 1.29 is 27.6 Å². The molecular formula is C27H40F3N5O4. The van der Waals surface area contributed by atoms with E-state index in [1.165, 1.54) is 0 Å². The van der Waals surface area contributed by atoms with Gasteiger partial charge in [-0.15, -0.1) is 12.8 Å². The van der Waals surface area contributed by atoms with Gasteiger partial charge >= 0.3 is 12.1 Å². The van der Waals surface area contributed by atoms with E-state index < -0.39 is 12.1 Å². The Labute approximate surface area is 228 Å². The SMILES string of the molecule is C#C.CC(C)[C@@H]1C[C@@H](C=O)N(C(=O)CC(C)(C)C)C1.CNC(C#N)Cc1ccc[nH]c1=O.NC(=O)C(F)(F)F. The first-order valence-electron chi connectivity index (χ1n) is 12.1. The van der Waals surface area contributed by atoms with Crippen molar-refractivity contribution in [1.29, 1.82) is 5.26 Å². The maximum Gasteiger partial charge on any atom is 0.470 e. The zero-order chi connectivity index (χ0) is 31.0. The van der Waals surface area contributed by atoms with Gasteiger partial charge in [0, 0.05) is 31.1 Å². The fourth-order valence-electron chi connectivity index (χ4n) is 3.40. The maximum atomic E-state index is 12.2. The van der Waals surface area contributed by atoms with Crippen LogP contribution in [0, 0.1) is 41.4 Å². The third-order valence-electron chi connectivity index (χ3n) is 5.59. The van der Waals surface area contributed by atoms with Crippen LogP contribution in [-0.2, 0) is 20.8 Å². The number of nitrogens with two attached hydrogens (primary N) is 1. The molecule has 1 saturated heterocycles. The number of carbonyl (C=O) groups excluding carboxylic acids is 3. The summed E-state index contributed by atoms with van der Waals surface area (Å²) in [6.45, 7) is 11.2. The topological polar surface area (TPSA) is 149 Å². The standard InChI is InChI=1S/C14H25NO2.C9H11N3O.C2H2F3NO.C2H2/c1-10(2)11-6-12(9-16)15(8-11)13(17)7-14(3,4)5;1-11-8(6-10)5-7-3-2-4-12-9(7)13;3-2(4,5)1(6)7;1-2/h9-12H,6-8H2,1-5H3;2-4,8,11H,5H2,1H3,(H,12,13);(H2,6,7);1-2H/t11-,12+;;;/m1.../s1. The number of aldehydes is 1. The molecule has 9 nitrogen and oxygen atoms in total. The monoisotopic (exact) mass is 555 g/mol. The zero-order valence-electron chi connectivity index (χ0n) is 23.3. The van der Waals surface area contributed by atoms with Crippen LogP contribution in [-0.4, -0.2) is 59.8 Å². The van der Waals surface area contributed by atoms with Gasteiger partial charge in [0.15, 0.2) is 0 Å². The van der Waals surface area contributed by atoms with E-state index in [4.69, 9.17) is 10.1 Å². The van der Waals surface area contributed by atoms with E-state index in [0.29, 0.717) is 30.2 Å². The molecule has 0 bridgehead atoms. The number of likely N-dealkylation sites (N-methyl/N-ethyl adjacent to an activating group) is 1. The summed E-state index contributed by atoms with van der Waals surface area (Å²) in [6.07, 6.45) is 7.43. The second kappa shape index (κ2) is 17.8. The Bertz CT molecular complexity index is 1020. The van der Waals surface area contributed by atoms with Crippen molar-refractivity contribution in [2.45, 2.75) is 72.1 Å². The summed E-state index contributed by atoms with van der Waals surface area (Å²) < 4.78 is 32.1. The molecule has 1 aromatic rings. The number of terminal acetylenes is 1. The number of hydrogen-bond acceptors (Lipinski definition) is 6. The van der Waals surface area contributed by atoms with E-state index in [-0.39, 0.29) is 29.0 Å². The van der Waals surface area contributed by atoms with E-state index in [1.807, 2.05) is 0 Å². The number of rotatable bonds is 6. The Kier molecular flexibility index (Phi) is 17.1. The van der Waals surface area contributed by atoms with Crippen LogP contribution in [0.5, 0.6) is 0 Å². The molecule has 3 atom stereocenters. The summed E-state index contributed by atoms with van der Waals surface area (Å²) >= 11 is 0. The molecule has 2 rings (SSSR count). The Balaban J connectivity index is 0. The number of hydrogen-bond donors (Lipinski definition) is 3. The van der Waals surface area contributed by atoms with Gasteiger partial charge in [0.25, 0.3) is 5.56 Å². The number of alkyl halides is 3. The van der Waals surface area contributed by atoms with Crippen LogP contribution in [0.2, 0.25) is 0 Å². The number of nitrogens with zero attached hydrogens (tertiary/aromatic N) is 2. The molecule has 1 aromatic heterocycles. The fourth-order valence-corrected chi connectivity index (χ4v) is 3.40. The van der Waals surface area contributed by atoms with Gasteiger partial charge in [-0.2, -0.15) is 18.4 Å². The largest absolute Gasteiger partial charge is 0.470 e. The minimum atomic E-state index is -4.86. The van der Waals surface area contributed by atoms with Crippen LogP contribution in [0.3, 0.4) is 0 Å². The van der Waals surface area contributed by atoms with Gasteiger partial charge in [-0.1, -0.05) is 40.7 Å². The maximum absolute atomic E-state index is 12.2. The number of aromatic amines is 1. The third-order valence-corrected chi connectivity index (χ3v) is 5.59. The van der Waals surface area contributed by atoms with Gasteiger partial charge in [-0.05, 0) is 36.8 Å². The molecular weight excluding hydrogens is 515 g/mol. The van der Waals surface area contributed by atoms with E-state index in [9.17, 15) is 27.6 Å². The molecule has 1 unspecified atom stereocenters. The van der Waals surface area contributed by atoms with Crippen molar-refractivity contribution in [3.05, 3.63) is 34.2 Å². The predicted octanol–water partition coefficient (Wildman–Crippen LogP) is 2.81. The number of likely N-dealkylation sites (tertiary alicyclic amines) is 1. The Morgan fingerprint density at radius 1 is 1.31 bits per heavy atom. The molecule has 4 N–H and O–H groups in total. The summed E-state index contributed by atoms with van der Waals surface area (Å²) in [5.74, 6) is -1.13. The van der Waals surface area contributed by atoms with Crippen molar-refractivity contribution in [2.24, 2.45) is 23.0 Å². The number of pyridine rings is 1. The van der Waals surface area contributed by atoms with Gasteiger partial charge in [-0.3, -0.25) is 14.4 Å². The Morgan fingerprint density at radius 2 is 1.85 bits per heavy atom. The number of carbonyl (C=O) groups is 3. The zero-order valence-corrected chi connectivity index (χ0v) is 23.3. The highest BCUT2D eigenvalue weighted by Gasteiger charge is 2.37. The van der Waals surface area contributed by atoms with Gasteiger partial charge in [0.2, 0.25) is 5.91 Å². The minimum Gasteiger partial charge on any atom is -0.362 e. The third kappa shape index (κ3) is 15.4. The molecule has 218 valence electrons. The van der Waals surface area contributed by atoms with E-state index in [2.05, 4.69) is 69.6 Å². The number of nitrogens with one attached hydrogen (secondary N) is 2. The number of amides is 2. The van der Waals surface area contributed by atoms with Crippen LogP contribution in [0.25, 0.3) is 0 Å². The van der Waals surface area contributed by atoms with Crippen molar-refractivity contribution in [3.8, 4) is 18.9 Å². The number of halogens is 3. The van der Waals surface area contributed by atoms with Gasteiger partial charge in [0.1, 0.15) is 6.29 Å². The highest BCUT2D eigenvalue weighted by molar-refractivity contribution is 5.81. The first-order chi connectivity index (χ1) is 18.0. The van der Waals surface area contributed by atoms with E-state index in [1.54, 1.807) is 30.3 Å². The smallest absolute Gasteiger partial charge is 0.362 e. The van der Waals surface area contributed by atoms with Crippen LogP contribution in [0.4, 0.5) is 13.2 Å². The van der Waals surface area contributed by atoms with Crippen molar-refractivity contribution >= 4 is 18.1 Å². The summed E-state index contributed by atoms with van der Waals surface area (Å²) in [5, 5.41) is 11.5. The molecule has 0 radical (unpaired) electrons. The summed E-state index contributed by atoms with van der Waals surface area (Å²) in [6, 6.07) is 5.04. The highest BCUT2D eigenvalue weighted by Crippen LogP contribution is 2.30. The lowest BCUT2D eigenvalue weighted by Crippen LogP contribution is -2.38. The lowest BCUT2D eigenvalue weighted by Gasteiger charge is -2.25. The molecule has 2 heterocycles. The average Bonchev–Trinajstić information content (AvgIpc) is 3.29. The van der Waals surface area contributed by atoms with Crippen LogP contribution < -0.4 is 16.6 Å². The van der Waals surface area contributed by atoms with Crippen molar-refractivity contribution in [1.82, 2.24) is 15.2 Å². The van der Waals surface area contributed by atoms with Crippen LogP contribution >= 0.6 is 0 Å². The number of H-pyrrole nitrogens is 1. The summed E-state index contributed by atoms with van der Waals surface area (Å²) in [4.78, 5) is 47.9.